The lowest BCUT2D eigenvalue weighted by Gasteiger charge is -2.06. The number of hydrogen-bond acceptors (Lipinski definition) is 3. The predicted octanol–water partition coefficient (Wildman–Crippen LogP) is 2.64. The summed E-state index contributed by atoms with van der Waals surface area (Å²) in [6, 6.07) is 4.20. The molecule has 0 atom stereocenters. The van der Waals surface area contributed by atoms with E-state index in [1.165, 1.54) is 6.07 Å². The normalized spacial score (nSPS) is 9.47. The summed E-state index contributed by atoms with van der Waals surface area (Å²) in [5, 5.41) is 8.69. The molecule has 78 valence electrons. The van der Waals surface area contributed by atoms with E-state index in [0.717, 1.165) is 6.07 Å². The largest absolute Gasteiger partial charge is 0.462 e. The molecule has 0 radical (unpaired) electrons. The second kappa shape index (κ2) is 4.89. The van der Waals surface area contributed by atoms with Gasteiger partial charge in [0.1, 0.15) is 17.4 Å². The fourth-order valence-electron chi connectivity index (χ4n) is 1.03. The Kier molecular flexibility index (Phi) is 3.81. The van der Waals surface area contributed by atoms with Gasteiger partial charge in [0.05, 0.1) is 16.6 Å². The van der Waals surface area contributed by atoms with Crippen molar-refractivity contribution in [2.24, 2.45) is 0 Å². The van der Waals surface area contributed by atoms with Crippen molar-refractivity contribution in [2.45, 2.75) is 6.92 Å². The number of ether oxygens (including phenoxy) is 1. The minimum Gasteiger partial charge on any atom is -0.462 e. The summed E-state index contributed by atoms with van der Waals surface area (Å²) in [7, 11) is 0. The van der Waals surface area contributed by atoms with Crippen LogP contribution in [0.15, 0.2) is 16.6 Å². The van der Waals surface area contributed by atoms with Crippen molar-refractivity contribution in [3.63, 3.8) is 0 Å². The number of nitriles is 1. The summed E-state index contributed by atoms with van der Waals surface area (Å²) in [6.45, 7) is 1.78. The molecule has 15 heavy (non-hydrogen) atoms. The molecule has 0 heterocycles. The highest BCUT2D eigenvalue weighted by molar-refractivity contribution is 9.10. The average molecular weight is 272 g/mol. The first-order chi connectivity index (χ1) is 7.11. The van der Waals surface area contributed by atoms with Crippen molar-refractivity contribution < 1.29 is 13.9 Å². The van der Waals surface area contributed by atoms with Gasteiger partial charge in [-0.25, -0.2) is 9.18 Å². The van der Waals surface area contributed by atoms with Gasteiger partial charge in [-0.3, -0.25) is 0 Å². The number of rotatable bonds is 2. The number of benzene rings is 1. The van der Waals surface area contributed by atoms with Crippen molar-refractivity contribution in [1.29, 1.82) is 5.26 Å². The van der Waals surface area contributed by atoms with E-state index in [-0.39, 0.29) is 22.2 Å². The zero-order valence-corrected chi connectivity index (χ0v) is 9.47. The number of nitrogens with zero attached hydrogens (tertiary/aromatic N) is 1. The van der Waals surface area contributed by atoms with Crippen molar-refractivity contribution in [3.8, 4) is 6.07 Å². The molecule has 0 aliphatic heterocycles. The van der Waals surface area contributed by atoms with Crippen LogP contribution >= 0.6 is 15.9 Å². The quantitative estimate of drug-likeness (QED) is 0.777. The van der Waals surface area contributed by atoms with Crippen molar-refractivity contribution in [2.75, 3.05) is 6.61 Å². The third-order valence-corrected chi connectivity index (χ3v) is 2.51. The molecule has 0 aromatic heterocycles. The summed E-state index contributed by atoms with van der Waals surface area (Å²) >= 11 is 3.00. The summed E-state index contributed by atoms with van der Waals surface area (Å²) in [5.41, 5.74) is -0.0460. The first-order valence-corrected chi connectivity index (χ1v) is 4.96. The van der Waals surface area contributed by atoms with Gasteiger partial charge >= 0.3 is 5.97 Å². The first-order valence-electron chi connectivity index (χ1n) is 4.17. The van der Waals surface area contributed by atoms with E-state index in [4.69, 9.17) is 5.26 Å². The molecule has 5 heteroatoms. The Bertz CT molecular complexity index is 440. The summed E-state index contributed by atoms with van der Waals surface area (Å²) in [6.07, 6.45) is 0. The third kappa shape index (κ3) is 2.34. The van der Waals surface area contributed by atoms with Gasteiger partial charge in [0.15, 0.2) is 0 Å². The van der Waals surface area contributed by atoms with E-state index in [0.29, 0.717) is 0 Å². The van der Waals surface area contributed by atoms with Crippen LogP contribution in [0.2, 0.25) is 0 Å². The number of carbonyl (C=O) groups excluding carboxylic acids is 1. The standard InChI is InChI=1S/C10H7BrFNO2/c1-2-15-10(14)8-7(12)4-3-6(5-13)9(8)11/h3-4H,2H2,1H3. The molecule has 1 rings (SSSR count). The van der Waals surface area contributed by atoms with Crippen molar-refractivity contribution in [3.05, 3.63) is 33.5 Å². The van der Waals surface area contributed by atoms with E-state index < -0.39 is 11.8 Å². The zero-order valence-electron chi connectivity index (χ0n) is 7.88. The van der Waals surface area contributed by atoms with Crippen LogP contribution in [0.1, 0.15) is 22.8 Å². The van der Waals surface area contributed by atoms with Crippen molar-refractivity contribution in [1.82, 2.24) is 0 Å². The summed E-state index contributed by atoms with van der Waals surface area (Å²) in [4.78, 5) is 11.4. The average Bonchev–Trinajstić information content (AvgIpc) is 2.18. The lowest BCUT2D eigenvalue weighted by atomic mass is 10.1. The molecule has 0 aliphatic rings. The molecular formula is C10H7BrFNO2. The molecule has 1 aromatic carbocycles. The van der Waals surface area contributed by atoms with Crippen LogP contribution < -0.4 is 0 Å². The van der Waals surface area contributed by atoms with Crippen LogP contribution in [0.25, 0.3) is 0 Å². The van der Waals surface area contributed by atoms with Gasteiger partial charge in [0.2, 0.25) is 0 Å². The molecule has 0 spiro atoms. The second-order valence-electron chi connectivity index (χ2n) is 2.62. The maximum atomic E-state index is 13.3. The maximum absolute atomic E-state index is 13.3. The van der Waals surface area contributed by atoms with Crippen LogP contribution in [-0.4, -0.2) is 12.6 Å². The number of carbonyl (C=O) groups is 1. The number of esters is 1. The molecule has 1 aromatic rings. The van der Waals surface area contributed by atoms with Crippen LogP contribution in [0.4, 0.5) is 4.39 Å². The van der Waals surface area contributed by atoms with Crippen LogP contribution in [0, 0.1) is 17.1 Å². The van der Waals surface area contributed by atoms with Crippen molar-refractivity contribution >= 4 is 21.9 Å². The highest BCUT2D eigenvalue weighted by Gasteiger charge is 2.19. The maximum Gasteiger partial charge on any atom is 0.342 e. The molecule has 0 amide bonds. The van der Waals surface area contributed by atoms with E-state index in [1.807, 2.05) is 6.07 Å². The fraction of sp³-hybridized carbons (Fsp3) is 0.200. The molecule has 0 unspecified atom stereocenters. The monoisotopic (exact) mass is 271 g/mol. The molecule has 0 aliphatic carbocycles. The third-order valence-electron chi connectivity index (χ3n) is 1.69. The predicted molar refractivity (Wildman–Crippen MR) is 54.8 cm³/mol. The Morgan fingerprint density at radius 3 is 2.87 bits per heavy atom. The topological polar surface area (TPSA) is 50.1 Å². The SMILES string of the molecule is CCOC(=O)c1c(F)ccc(C#N)c1Br. The zero-order chi connectivity index (χ0) is 11.4. The molecule has 0 N–H and O–H groups in total. The van der Waals surface area contributed by atoms with Gasteiger partial charge in [0, 0.05) is 0 Å². The van der Waals surface area contributed by atoms with Crippen LogP contribution in [0.3, 0.4) is 0 Å². The smallest absolute Gasteiger partial charge is 0.342 e. The summed E-state index contributed by atoms with van der Waals surface area (Å²) in [5.74, 6) is -1.49. The van der Waals surface area contributed by atoms with Gasteiger partial charge < -0.3 is 4.74 Å². The highest BCUT2D eigenvalue weighted by atomic mass is 79.9. The lowest BCUT2D eigenvalue weighted by Crippen LogP contribution is -2.09. The summed E-state index contributed by atoms with van der Waals surface area (Å²) < 4.78 is 18.1. The Hall–Kier alpha value is -1.41. The minimum atomic E-state index is -0.779. The Morgan fingerprint density at radius 1 is 1.67 bits per heavy atom. The van der Waals surface area contributed by atoms with E-state index in [2.05, 4.69) is 20.7 Å². The Morgan fingerprint density at radius 2 is 2.33 bits per heavy atom. The van der Waals surface area contributed by atoms with E-state index >= 15 is 0 Å². The number of hydrogen-bond donors (Lipinski definition) is 0. The van der Waals surface area contributed by atoms with Gasteiger partial charge in [-0.15, -0.1) is 0 Å². The van der Waals surface area contributed by atoms with Gasteiger partial charge in [-0.2, -0.15) is 5.26 Å². The van der Waals surface area contributed by atoms with Crippen LogP contribution in [0.5, 0.6) is 0 Å². The number of halogens is 2. The van der Waals surface area contributed by atoms with Gasteiger partial charge in [-0.1, -0.05) is 0 Å². The second-order valence-corrected chi connectivity index (χ2v) is 3.41. The van der Waals surface area contributed by atoms with Gasteiger partial charge in [0.25, 0.3) is 0 Å². The Labute approximate surface area is 94.6 Å². The van der Waals surface area contributed by atoms with E-state index in [1.54, 1.807) is 6.92 Å². The highest BCUT2D eigenvalue weighted by Crippen LogP contribution is 2.24. The fourth-order valence-corrected chi connectivity index (χ4v) is 1.60. The van der Waals surface area contributed by atoms with E-state index in [9.17, 15) is 9.18 Å². The minimum absolute atomic E-state index is 0.128. The van der Waals surface area contributed by atoms with Crippen LogP contribution in [-0.2, 0) is 4.74 Å². The van der Waals surface area contributed by atoms with Gasteiger partial charge in [-0.05, 0) is 35.0 Å². The molecule has 0 bridgehead atoms. The first kappa shape index (κ1) is 11.7. The molecule has 0 fully saturated rings. The molecular weight excluding hydrogens is 265 g/mol. The molecule has 3 nitrogen and oxygen atoms in total. The lowest BCUT2D eigenvalue weighted by molar-refractivity contribution is 0.0520. The molecule has 0 saturated heterocycles. The molecule has 0 saturated carbocycles. The Balaban J connectivity index is 3.28.